The number of rotatable bonds is 9. The number of amides is 1. The van der Waals surface area contributed by atoms with Crippen LogP contribution in [0.5, 0.6) is 0 Å². The summed E-state index contributed by atoms with van der Waals surface area (Å²) in [6, 6.07) is 17.7. The number of H-pyrrole nitrogens is 1. The number of esters is 1. The van der Waals surface area contributed by atoms with Gasteiger partial charge in [-0.3, -0.25) is 9.59 Å². The Kier molecular flexibility index (Phi) is 7.06. The highest BCUT2D eigenvalue weighted by Crippen LogP contribution is 2.28. The van der Waals surface area contributed by atoms with Gasteiger partial charge in [-0.15, -0.1) is 0 Å². The third-order valence-electron chi connectivity index (χ3n) is 5.36. The largest absolute Gasteiger partial charge is 0.455 e. The van der Waals surface area contributed by atoms with Crippen LogP contribution in [0, 0.1) is 5.92 Å². The predicted molar refractivity (Wildman–Crippen MR) is 115 cm³/mol. The molecule has 3 aromatic rings. The smallest absolute Gasteiger partial charge is 0.314 e. The Morgan fingerprint density at radius 1 is 1.07 bits per heavy atom. The molecular weight excluding hydrogens is 364 g/mol. The summed E-state index contributed by atoms with van der Waals surface area (Å²) in [5.74, 6) is -0.860. The van der Waals surface area contributed by atoms with Crippen LogP contribution >= 0.6 is 0 Å². The molecule has 0 aliphatic rings. The molecule has 0 fully saturated rings. The highest BCUT2D eigenvalue weighted by molar-refractivity contribution is 5.84. The van der Waals surface area contributed by atoms with Gasteiger partial charge in [0.05, 0.1) is 5.92 Å². The van der Waals surface area contributed by atoms with Crippen molar-refractivity contribution in [1.29, 1.82) is 0 Å². The predicted octanol–water partition coefficient (Wildman–Crippen LogP) is 4.20. The Hall–Kier alpha value is -3.08. The normalized spacial score (nSPS) is 13.0. The zero-order chi connectivity index (χ0) is 20.6. The molecule has 2 aromatic carbocycles. The third-order valence-corrected chi connectivity index (χ3v) is 5.36. The van der Waals surface area contributed by atoms with E-state index in [4.69, 9.17) is 4.74 Å². The second kappa shape index (κ2) is 9.92. The van der Waals surface area contributed by atoms with Crippen LogP contribution in [0.4, 0.5) is 0 Å². The molecule has 5 nitrogen and oxygen atoms in total. The van der Waals surface area contributed by atoms with Gasteiger partial charge in [-0.1, -0.05) is 68.8 Å². The van der Waals surface area contributed by atoms with Gasteiger partial charge in [0.25, 0.3) is 5.91 Å². The van der Waals surface area contributed by atoms with E-state index in [1.807, 2.05) is 68.6 Å². The molecule has 0 saturated carbocycles. The van der Waals surface area contributed by atoms with Crippen molar-refractivity contribution in [2.45, 2.75) is 32.6 Å². The zero-order valence-electron chi connectivity index (χ0n) is 17.0. The van der Waals surface area contributed by atoms with Crippen LogP contribution in [0.3, 0.4) is 0 Å². The maximum Gasteiger partial charge on any atom is 0.314 e. The van der Waals surface area contributed by atoms with E-state index < -0.39 is 0 Å². The van der Waals surface area contributed by atoms with Crippen molar-refractivity contribution < 1.29 is 14.3 Å². The molecule has 1 aromatic heterocycles. The third kappa shape index (κ3) is 5.25. The SMILES string of the molecule is CC[C@@H](C)[C@@H](C(=O)OCC(=O)NCCc1c[nH]c2ccccc12)c1ccccc1. The lowest BCUT2D eigenvalue weighted by Crippen LogP contribution is -2.32. The Morgan fingerprint density at radius 3 is 2.55 bits per heavy atom. The number of nitrogens with one attached hydrogen (secondary N) is 2. The molecule has 1 heterocycles. The number of hydrogen-bond donors (Lipinski definition) is 2. The monoisotopic (exact) mass is 392 g/mol. The number of para-hydroxylation sites is 1. The van der Waals surface area contributed by atoms with Crippen LogP contribution in [0.2, 0.25) is 0 Å². The summed E-state index contributed by atoms with van der Waals surface area (Å²) in [6.07, 6.45) is 3.53. The number of carbonyl (C=O) groups excluding carboxylic acids is 2. The van der Waals surface area contributed by atoms with Crippen LogP contribution < -0.4 is 5.32 Å². The van der Waals surface area contributed by atoms with Gasteiger partial charge in [-0.25, -0.2) is 0 Å². The summed E-state index contributed by atoms with van der Waals surface area (Å²) in [7, 11) is 0. The van der Waals surface area contributed by atoms with Crippen LogP contribution in [0.1, 0.15) is 37.3 Å². The summed E-state index contributed by atoms with van der Waals surface area (Å²) < 4.78 is 5.34. The van der Waals surface area contributed by atoms with E-state index >= 15 is 0 Å². The highest BCUT2D eigenvalue weighted by atomic mass is 16.5. The molecule has 0 aliphatic heterocycles. The number of aromatic amines is 1. The van der Waals surface area contributed by atoms with Gasteiger partial charge in [0.2, 0.25) is 0 Å². The first-order valence-electron chi connectivity index (χ1n) is 10.1. The second-order valence-corrected chi connectivity index (χ2v) is 7.34. The minimum absolute atomic E-state index is 0.134. The molecule has 0 radical (unpaired) electrons. The van der Waals surface area contributed by atoms with Gasteiger partial charge in [-0.2, -0.15) is 0 Å². The number of ether oxygens (including phenoxy) is 1. The molecule has 0 saturated heterocycles. The average Bonchev–Trinajstić information content (AvgIpc) is 3.16. The molecule has 152 valence electrons. The first kappa shape index (κ1) is 20.6. The lowest BCUT2D eigenvalue weighted by atomic mass is 9.86. The number of benzene rings is 2. The van der Waals surface area contributed by atoms with Gasteiger partial charge in [0.15, 0.2) is 6.61 Å². The first-order valence-corrected chi connectivity index (χ1v) is 10.1. The lowest BCUT2D eigenvalue weighted by molar-refractivity contribution is -0.151. The molecule has 0 aliphatic carbocycles. The quantitative estimate of drug-likeness (QED) is 0.536. The van der Waals surface area contributed by atoms with Crippen molar-refractivity contribution in [2.24, 2.45) is 5.92 Å². The van der Waals surface area contributed by atoms with E-state index in [0.717, 1.165) is 28.5 Å². The van der Waals surface area contributed by atoms with Crippen molar-refractivity contribution in [3.8, 4) is 0 Å². The Balaban J connectivity index is 1.49. The van der Waals surface area contributed by atoms with Gasteiger partial charge in [0.1, 0.15) is 0 Å². The Bertz CT molecular complexity index is 949. The van der Waals surface area contributed by atoms with E-state index in [1.54, 1.807) is 0 Å². The van der Waals surface area contributed by atoms with Crippen molar-refractivity contribution >= 4 is 22.8 Å². The maximum absolute atomic E-state index is 12.6. The van der Waals surface area contributed by atoms with E-state index in [0.29, 0.717) is 13.0 Å². The fraction of sp³-hybridized carbons (Fsp3) is 0.333. The fourth-order valence-electron chi connectivity index (χ4n) is 3.55. The molecular formula is C24H28N2O3. The molecule has 0 bridgehead atoms. The molecule has 0 spiro atoms. The summed E-state index contributed by atoms with van der Waals surface area (Å²) in [5.41, 5.74) is 3.16. The molecule has 1 amide bonds. The first-order chi connectivity index (χ1) is 14.1. The zero-order valence-corrected chi connectivity index (χ0v) is 17.0. The molecule has 5 heteroatoms. The van der Waals surface area contributed by atoms with Crippen LogP contribution in [0.25, 0.3) is 10.9 Å². The summed E-state index contributed by atoms with van der Waals surface area (Å²) in [4.78, 5) is 28.0. The minimum atomic E-state index is -0.361. The number of aromatic nitrogens is 1. The molecule has 2 N–H and O–H groups in total. The highest BCUT2D eigenvalue weighted by Gasteiger charge is 2.27. The summed E-state index contributed by atoms with van der Waals surface area (Å²) >= 11 is 0. The van der Waals surface area contributed by atoms with Gasteiger partial charge in [0, 0.05) is 23.6 Å². The average molecular weight is 392 g/mol. The Labute approximate surface area is 171 Å². The minimum Gasteiger partial charge on any atom is -0.455 e. The van der Waals surface area contributed by atoms with Gasteiger partial charge >= 0.3 is 5.97 Å². The molecule has 29 heavy (non-hydrogen) atoms. The summed E-state index contributed by atoms with van der Waals surface area (Å²) in [5, 5.41) is 3.99. The summed E-state index contributed by atoms with van der Waals surface area (Å²) in [6.45, 7) is 4.31. The van der Waals surface area contributed by atoms with Crippen LogP contribution in [-0.4, -0.2) is 30.0 Å². The van der Waals surface area contributed by atoms with Gasteiger partial charge in [-0.05, 0) is 29.5 Å². The van der Waals surface area contributed by atoms with Crippen molar-refractivity contribution in [1.82, 2.24) is 10.3 Å². The maximum atomic E-state index is 12.6. The van der Waals surface area contributed by atoms with Crippen molar-refractivity contribution in [3.05, 3.63) is 71.9 Å². The van der Waals surface area contributed by atoms with E-state index in [2.05, 4.69) is 16.4 Å². The topological polar surface area (TPSA) is 71.2 Å². The van der Waals surface area contributed by atoms with Gasteiger partial charge < -0.3 is 15.0 Å². The van der Waals surface area contributed by atoms with Crippen LogP contribution in [-0.2, 0) is 20.7 Å². The van der Waals surface area contributed by atoms with E-state index in [-0.39, 0.29) is 30.3 Å². The number of carbonyl (C=O) groups is 2. The standard InChI is InChI=1S/C24H28N2O3/c1-3-17(2)23(18-9-5-4-6-10-18)24(28)29-16-22(27)25-14-13-19-15-26-21-12-8-7-11-20(19)21/h4-12,15,17,23,26H,3,13-14,16H2,1-2H3,(H,25,27)/t17-,23-/m1/s1. The number of hydrogen-bond acceptors (Lipinski definition) is 3. The molecule has 0 unspecified atom stereocenters. The van der Waals surface area contributed by atoms with Crippen molar-refractivity contribution in [2.75, 3.05) is 13.2 Å². The van der Waals surface area contributed by atoms with E-state index in [9.17, 15) is 9.59 Å². The fourth-order valence-corrected chi connectivity index (χ4v) is 3.55. The van der Waals surface area contributed by atoms with Crippen molar-refractivity contribution in [3.63, 3.8) is 0 Å². The molecule has 2 atom stereocenters. The second-order valence-electron chi connectivity index (χ2n) is 7.34. The van der Waals surface area contributed by atoms with E-state index in [1.165, 1.54) is 0 Å². The van der Waals surface area contributed by atoms with Crippen LogP contribution in [0.15, 0.2) is 60.8 Å². The lowest BCUT2D eigenvalue weighted by Gasteiger charge is -2.21. The Morgan fingerprint density at radius 2 is 1.79 bits per heavy atom. The molecule has 3 rings (SSSR count). The number of fused-ring (bicyclic) bond motifs is 1.